The number of fused-ring (bicyclic) bond motifs is 1. The van der Waals surface area contributed by atoms with E-state index in [1.165, 1.54) is 6.08 Å². The molecule has 2 aliphatic rings. The average Bonchev–Trinajstić information content (AvgIpc) is 3.03. The van der Waals surface area contributed by atoms with Crippen LogP contribution in [0.4, 0.5) is 0 Å². The van der Waals surface area contributed by atoms with Crippen molar-refractivity contribution in [3.8, 4) is 11.5 Å². The first-order valence-corrected chi connectivity index (χ1v) is 8.13. The molecule has 130 valence electrons. The van der Waals surface area contributed by atoms with Crippen LogP contribution in [0.3, 0.4) is 0 Å². The monoisotopic (exact) mass is 417 g/mol. The van der Waals surface area contributed by atoms with E-state index in [0.29, 0.717) is 37.7 Å². The van der Waals surface area contributed by atoms with E-state index in [4.69, 9.17) is 14.6 Å². The van der Waals surface area contributed by atoms with Gasteiger partial charge < -0.3 is 19.5 Å². The van der Waals surface area contributed by atoms with E-state index in [9.17, 15) is 9.59 Å². The Hall–Kier alpha value is -1.73. The summed E-state index contributed by atoms with van der Waals surface area (Å²) in [4.78, 5) is 24.6. The summed E-state index contributed by atoms with van der Waals surface area (Å²) < 4.78 is 11.8. The second-order valence-corrected chi connectivity index (χ2v) is 6.32. The van der Waals surface area contributed by atoms with E-state index < -0.39 is 11.9 Å². The topological polar surface area (TPSA) is 76.1 Å². The fourth-order valence-corrected chi connectivity index (χ4v) is 3.24. The molecule has 24 heavy (non-hydrogen) atoms. The molecular weight excluding hydrogens is 402 g/mol. The number of amides is 1. The van der Waals surface area contributed by atoms with Crippen LogP contribution < -0.4 is 9.47 Å². The molecule has 2 aliphatic heterocycles. The minimum atomic E-state index is -0.847. The third kappa shape index (κ3) is 4.02. The number of halogens is 2. The molecule has 1 atom stereocenters. The molecule has 0 saturated carbocycles. The zero-order valence-corrected chi connectivity index (χ0v) is 15.1. The fourth-order valence-electron chi connectivity index (χ4n) is 2.66. The molecule has 0 bridgehead atoms. The van der Waals surface area contributed by atoms with Gasteiger partial charge in [0, 0.05) is 19.2 Å². The smallest absolute Gasteiger partial charge is 0.308 e. The maximum atomic E-state index is 12.1. The van der Waals surface area contributed by atoms with Crippen molar-refractivity contribution in [3.05, 3.63) is 28.2 Å². The van der Waals surface area contributed by atoms with Crippen LogP contribution >= 0.6 is 28.3 Å². The molecule has 1 fully saturated rings. The Bertz CT molecular complexity index is 679. The predicted molar refractivity (Wildman–Crippen MR) is 93.7 cm³/mol. The third-order valence-electron chi connectivity index (χ3n) is 3.89. The van der Waals surface area contributed by atoms with E-state index in [-0.39, 0.29) is 24.9 Å². The summed E-state index contributed by atoms with van der Waals surface area (Å²) in [5.74, 6) is -0.177. The van der Waals surface area contributed by atoms with Crippen molar-refractivity contribution in [2.24, 2.45) is 5.92 Å². The molecule has 1 unspecified atom stereocenters. The summed E-state index contributed by atoms with van der Waals surface area (Å²) in [6.07, 6.45) is 3.66. The maximum Gasteiger partial charge on any atom is 0.308 e. The lowest BCUT2D eigenvalue weighted by atomic mass is 10.1. The highest BCUT2D eigenvalue weighted by Gasteiger charge is 2.29. The van der Waals surface area contributed by atoms with E-state index in [2.05, 4.69) is 15.9 Å². The Morgan fingerprint density at radius 2 is 2.04 bits per heavy atom. The lowest BCUT2D eigenvalue weighted by molar-refractivity contribution is -0.141. The number of carbonyl (C=O) groups is 2. The van der Waals surface area contributed by atoms with Crippen LogP contribution in [-0.2, 0) is 9.59 Å². The molecule has 0 spiro atoms. The van der Waals surface area contributed by atoms with Crippen molar-refractivity contribution in [2.45, 2.75) is 6.42 Å². The minimum absolute atomic E-state index is 0. The van der Waals surface area contributed by atoms with Crippen molar-refractivity contribution in [3.63, 3.8) is 0 Å². The van der Waals surface area contributed by atoms with E-state index in [0.717, 1.165) is 10.0 Å². The van der Waals surface area contributed by atoms with Crippen LogP contribution in [0.15, 0.2) is 22.7 Å². The number of ether oxygens (including phenoxy) is 2. The van der Waals surface area contributed by atoms with Gasteiger partial charge in [-0.05, 0) is 46.1 Å². The molecule has 8 heteroatoms. The SMILES string of the molecule is Cl.O=C(O)C1CCN(C(=O)/C=C/c2cc(Br)c3c(c2)OCCO3)C1. The zero-order chi connectivity index (χ0) is 16.4. The maximum absolute atomic E-state index is 12.1. The van der Waals surface area contributed by atoms with Crippen LogP contribution in [0, 0.1) is 5.92 Å². The standard InChI is InChI=1S/C16H16BrNO5.ClH/c17-12-7-10(8-13-15(12)23-6-5-22-13)1-2-14(19)18-4-3-11(9-18)16(20)21;/h1-2,7-8,11H,3-6,9H2,(H,20,21);1H/b2-1+;. The first kappa shape index (κ1) is 18.6. The summed E-state index contributed by atoms with van der Waals surface area (Å²) in [6.45, 7) is 1.75. The normalized spacial score (nSPS) is 19.2. The number of nitrogens with zero attached hydrogens (tertiary/aromatic N) is 1. The van der Waals surface area contributed by atoms with Gasteiger partial charge in [0.1, 0.15) is 13.2 Å². The molecule has 1 saturated heterocycles. The number of carbonyl (C=O) groups excluding carboxylic acids is 1. The molecule has 2 heterocycles. The second kappa shape index (κ2) is 7.90. The van der Waals surface area contributed by atoms with Crippen molar-refractivity contribution in [2.75, 3.05) is 26.3 Å². The number of benzene rings is 1. The number of carboxylic acid groups (broad SMARTS) is 1. The lowest BCUT2D eigenvalue weighted by Gasteiger charge is -2.20. The molecule has 0 radical (unpaired) electrons. The highest BCUT2D eigenvalue weighted by molar-refractivity contribution is 9.10. The van der Waals surface area contributed by atoms with Crippen molar-refractivity contribution in [1.29, 1.82) is 0 Å². The molecular formula is C16H17BrClNO5. The highest BCUT2D eigenvalue weighted by Crippen LogP contribution is 2.38. The fraction of sp³-hybridized carbons (Fsp3) is 0.375. The number of hydrogen-bond acceptors (Lipinski definition) is 4. The van der Waals surface area contributed by atoms with Gasteiger partial charge in [0.05, 0.1) is 10.4 Å². The summed E-state index contributed by atoms with van der Waals surface area (Å²) in [6, 6.07) is 3.66. The molecule has 0 aliphatic carbocycles. The van der Waals surface area contributed by atoms with E-state index in [1.54, 1.807) is 11.0 Å². The van der Waals surface area contributed by atoms with Crippen molar-refractivity contribution >= 4 is 46.3 Å². The van der Waals surface area contributed by atoms with Gasteiger partial charge in [0.25, 0.3) is 0 Å². The van der Waals surface area contributed by atoms with E-state index in [1.807, 2.05) is 12.1 Å². The number of carboxylic acids is 1. The first-order chi connectivity index (χ1) is 11.0. The Kier molecular flexibility index (Phi) is 6.12. The van der Waals surface area contributed by atoms with Gasteiger partial charge in [-0.25, -0.2) is 0 Å². The van der Waals surface area contributed by atoms with Gasteiger partial charge >= 0.3 is 5.97 Å². The van der Waals surface area contributed by atoms with Crippen molar-refractivity contribution in [1.82, 2.24) is 4.90 Å². The van der Waals surface area contributed by atoms with Gasteiger partial charge in [0.2, 0.25) is 5.91 Å². The largest absolute Gasteiger partial charge is 0.486 e. The highest BCUT2D eigenvalue weighted by atomic mass is 79.9. The Labute approximate surface area is 154 Å². The van der Waals surface area contributed by atoms with Crippen LogP contribution in [0.2, 0.25) is 0 Å². The summed E-state index contributed by atoms with van der Waals surface area (Å²) in [5, 5.41) is 8.98. The number of aliphatic carboxylic acids is 1. The van der Waals surface area contributed by atoms with Gasteiger partial charge in [0.15, 0.2) is 11.5 Å². The van der Waals surface area contributed by atoms with Crippen molar-refractivity contribution < 1.29 is 24.2 Å². The summed E-state index contributed by atoms with van der Waals surface area (Å²) in [7, 11) is 0. The zero-order valence-electron chi connectivity index (χ0n) is 12.7. The molecule has 3 rings (SSSR count). The summed E-state index contributed by atoms with van der Waals surface area (Å²) >= 11 is 3.43. The van der Waals surface area contributed by atoms with Crippen LogP contribution in [0.25, 0.3) is 6.08 Å². The molecule has 1 amide bonds. The van der Waals surface area contributed by atoms with E-state index >= 15 is 0 Å². The second-order valence-electron chi connectivity index (χ2n) is 5.47. The summed E-state index contributed by atoms with van der Waals surface area (Å²) in [5.41, 5.74) is 0.809. The van der Waals surface area contributed by atoms with Crippen LogP contribution in [0.5, 0.6) is 11.5 Å². The predicted octanol–water partition coefficient (Wildman–Crippen LogP) is 2.59. The number of rotatable bonds is 3. The molecule has 0 aromatic heterocycles. The van der Waals surface area contributed by atoms with Crippen LogP contribution in [-0.4, -0.2) is 48.2 Å². The van der Waals surface area contributed by atoms with Gasteiger partial charge in [-0.2, -0.15) is 0 Å². The number of likely N-dealkylation sites (tertiary alicyclic amines) is 1. The minimum Gasteiger partial charge on any atom is -0.486 e. The molecule has 1 aromatic rings. The molecule has 1 N–H and O–H groups in total. The third-order valence-corrected chi connectivity index (χ3v) is 4.48. The Morgan fingerprint density at radius 3 is 2.75 bits per heavy atom. The van der Waals surface area contributed by atoms with Crippen LogP contribution in [0.1, 0.15) is 12.0 Å². The quantitative estimate of drug-likeness (QED) is 0.764. The first-order valence-electron chi connectivity index (χ1n) is 7.33. The molecule has 1 aromatic carbocycles. The lowest BCUT2D eigenvalue weighted by Crippen LogP contribution is -2.28. The Balaban J connectivity index is 0.00000208. The Morgan fingerprint density at radius 1 is 1.29 bits per heavy atom. The number of hydrogen-bond donors (Lipinski definition) is 1. The average molecular weight is 419 g/mol. The van der Waals surface area contributed by atoms with Gasteiger partial charge in [-0.3, -0.25) is 9.59 Å². The van der Waals surface area contributed by atoms with Gasteiger partial charge in [-0.1, -0.05) is 0 Å². The molecule has 6 nitrogen and oxygen atoms in total. The van der Waals surface area contributed by atoms with Gasteiger partial charge in [-0.15, -0.1) is 12.4 Å².